The number of hydrogen-bond donors (Lipinski definition) is 0. The Balaban J connectivity index is 4.07. The van der Waals surface area contributed by atoms with E-state index in [9.17, 15) is 4.79 Å². The molecule has 1 unspecified atom stereocenters. The molecule has 0 bridgehead atoms. The van der Waals surface area contributed by atoms with Crippen molar-refractivity contribution in [3.8, 4) is 0 Å². The molecule has 0 N–H and O–H groups in total. The van der Waals surface area contributed by atoms with Gasteiger partial charge >= 0.3 is 5.97 Å². The summed E-state index contributed by atoms with van der Waals surface area (Å²) in [6, 6.07) is 0. The van der Waals surface area contributed by atoms with Crippen molar-refractivity contribution in [3.05, 3.63) is 12.7 Å². The Morgan fingerprint density at radius 3 is 2.08 bits per heavy atom. The summed E-state index contributed by atoms with van der Waals surface area (Å²) in [6.45, 7) is 10.8. The predicted octanol–water partition coefficient (Wildman–Crippen LogP) is 1.92. The van der Waals surface area contributed by atoms with Gasteiger partial charge in [-0.3, -0.25) is 0 Å². The molecule has 3 nitrogen and oxygen atoms in total. The SMILES string of the molecule is C=CC(OC(C)C)C(=O)OC(C)C. The van der Waals surface area contributed by atoms with Crippen LogP contribution >= 0.6 is 0 Å². The normalized spacial score (nSPS) is 13.1. The molecular weight excluding hydrogens is 168 g/mol. The van der Waals surface area contributed by atoms with Crippen molar-refractivity contribution < 1.29 is 14.3 Å². The van der Waals surface area contributed by atoms with Crippen LogP contribution in [0.4, 0.5) is 0 Å². The lowest BCUT2D eigenvalue weighted by atomic mass is 10.3. The third kappa shape index (κ3) is 5.42. The first-order valence-electron chi connectivity index (χ1n) is 4.46. The molecule has 13 heavy (non-hydrogen) atoms. The van der Waals surface area contributed by atoms with E-state index in [0.29, 0.717) is 0 Å². The van der Waals surface area contributed by atoms with Gasteiger partial charge in [-0.2, -0.15) is 0 Å². The summed E-state index contributed by atoms with van der Waals surface area (Å²) in [5, 5.41) is 0. The molecule has 0 radical (unpaired) electrons. The molecule has 0 aliphatic rings. The molecule has 0 heterocycles. The first-order chi connectivity index (χ1) is 5.97. The van der Waals surface area contributed by atoms with E-state index in [4.69, 9.17) is 9.47 Å². The monoisotopic (exact) mass is 186 g/mol. The minimum absolute atomic E-state index is 0.0114. The zero-order valence-electron chi connectivity index (χ0n) is 8.74. The van der Waals surface area contributed by atoms with E-state index >= 15 is 0 Å². The fraction of sp³-hybridized carbons (Fsp3) is 0.700. The van der Waals surface area contributed by atoms with Crippen LogP contribution in [0.5, 0.6) is 0 Å². The van der Waals surface area contributed by atoms with Gasteiger partial charge in [0.15, 0.2) is 6.10 Å². The summed E-state index contributed by atoms with van der Waals surface area (Å²) in [5.41, 5.74) is 0. The van der Waals surface area contributed by atoms with E-state index in [0.717, 1.165) is 0 Å². The lowest BCUT2D eigenvalue weighted by Crippen LogP contribution is -2.29. The van der Waals surface area contributed by atoms with Crippen molar-refractivity contribution in [1.82, 2.24) is 0 Å². The highest BCUT2D eigenvalue weighted by atomic mass is 16.6. The smallest absolute Gasteiger partial charge is 0.339 e. The maximum absolute atomic E-state index is 11.3. The summed E-state index contributed by atoms with van der Waals surface area (Å²) in [5.74, 6) is -0.376. The van der Waals surface area contributed by atoms with Crippen molar-refractivity contribution >= 4 is 5.97 Å². The number of rotatable bonds is 5. The van der Waals surface area contributed by atoms with E-state index in [2.05, 4.69) is 6.58 Å². The zero-order chi connectivity index (χ0) is 10.4. The third-order valence-corrected chi connectivity index (χ3v) is 1.22. The Kier molecular flexibility index (Phi) is 5.39. The Labute approximate surface area is 79.7 Å². The van der Waals surface area contributed by atoms with Gasteiger partial charge in [-0.25, -0.2) is 4.79 Å². The first kappa shape index (κ1) is 12.2. The Morgan fingerprint density at radius 2 is 1.77 bits per heavy atom. The highest BCUT2D eigenvalue weighted by Gasteiger charge is 2.19. The van der Waals surface area contributed by atoms with Crippen molar-refractivity contribution in [2.24, 2.45) is 0 Å². The second kappa shape index (κ2) is 5.75. The second-order valence-electron chi connectivity index (χ2n) is 3.33. The van der Waals surface area contributed by atoms with Crippen LogP contribution in [0.25, 0.3) is 0 Å². The molecule has 0 aromatic heterocycles. The van der Waals surface area contributed by atoms with Crippen LogP contribution in [0.3, 0.4) is 0 Å². The van der Waals surface area contributed by atoms with E-state index in [1.165, 1.54) is 6.08 Å². The highest BCUT2D eigenvalue weighted by molar-refractivity contribution is 5.76. The highest BCUT2D eigenvalue weighted by Crippen LogP contribution is 2.03. The summed E-state index contributed by atoms with van der Waals surface area (Å²) in [7, 11) is 0. The molecule has 0 aromatic carbocycles. The maximum Gasteiger partial charge on any atom is 0.339 e. The molecule has 3 heteroatoms. The quantitative estimate of drug-likeness (QED) is 0.486. The minimum atomic E-state index is -0.651. The standard InChI is InChI=1S/C10H18O3/c1-6-9(12-7(2)3)10(11)13-8(4)5/h6-9H,1H2,2-5H3. The molecule has 0 fully saturated rings. The average molecular weight is 186 g/mol. The van der Waals surface area contributed by atoms with Gasteiger partial charge in [0.05, 0.1) is 12.2 Å². The molecule has 0 saturated carbocycles. The maximum atomic E-state index is 11.3. The van der Waals surface area contributed by atoms with Crippen LogP contribution in [0.15, 0.2) is 12.7 Å². The lowest BCUT2D eigenvalue weighted by Gasteiger charge is -2.17. The lowest BCUT2D eigenvalue weighted by molar-refractivity contribution is -0.160. The predicted molar refractivity (Wildman–Crippen MR) is 51.4 cm³/mol. The summed E-state index contributed by atoms with van der Waals surface area (Å²) in [6.07, 6.45) is 0.667. The topological polar surface area (TPSA) is 35.5 Å². The molecule has 0 saturated heterocycles. The molecule has 0 aliphatic carbocycles. The van der Waals surface area contributed by atoms with Crippen LogP contribution < -0.4 is 0 Å². The summed E-state index contributed by atoms with van der Waals surface area (Å²) in [4.78, 5) is 11.3. The number of ether oxygens (including phenoxy) is 2. The molecule has 0 aliphatic heterocycles. The summed E-state index contributed by atoms with van der Waals surface area (Å²) < 4.78 is 10.2. The van der Waals surface area contributed by atoms with Crippen molar-refractivity contribution in [1.29, 1.82) is 0 Å². The fourth-order valence-electron chi connectivity index (χ4n) is 0.800. The summed E-state index contributed by atoms with van der Waals surface area (Å²) >= 11 is 0. The molecule has 0 rings (SSSR count). The van der Waals surface area contributed by atoms with Gasteiger partial charge in [0.25, 0.3) is 0 Å². The van der Waals surface area contributed by atoms with E-state index in [1.54, 1.807) is 13.8 Å². The van der Waals surface area contributed by atoms with Crippen LogP contribution in [0.2, 0.25) is 0 Å². The molecule has 0 spiro atoms. The van der Waals surface area contributed by atoms with Crippen LogP contribution in [-0.4, -0.2) is 24.3 Å². The van der Waals surface area contributed by atoms with E-state index in [1.807, 2.05) is 13.8 Å². The van der Waals surface area contributed by atoms with Crippen molar-refractivity contribution in [2.75, 3.05) is 0 Å². The first-order valence-corrected chi connectivity index (χ1v) is 4.46. The molecule has 1 atom stereocenters. The van der Waals surface area contributed by atoms with Crippen molar-refractivity contribution in [2.45, 2.75) is 46.0 Å². The second-order valence-corrected chi connectivity index (χ2v) is 3.33. The van der Waals surface area contributed by atoms with Gasteiger partial charge in [-0.1, -0.05) is 12.7 Å². The Morgan fingerprint density at radius 1 is 1.23 bits per heavy atom. The van der Waals surface area contributed by atoms with Gasteiger partial charge in [0.1, 0.15) is 0 Å². The fourth-order valence-corrected chi connectivity index (χ4v) is 0.800. The minimum Gasteiger partial charge on any atom is -0.461 e. The van der Waals surface area contributed by atoms with Crippen molar-refractivity contribution in [3.63, 3.8) is 0 Å². The third-order valence-electron chi connectivity index (χ3n) is 1.22. The molecule has 76 valence electrons. The number of carbonyl (C=O) groups excluding carboxylic acids is 1. The largest absolute Gasteiger partial charge is 0.461 e. The van der Waals surface area contributed by atoms with Gasteiger partial charge in [-0.15, -0.1) is 0 Å². The Hall–Kier alpha value is -0.830. The van der Waals surface area contributed by atoms with E-state index < -0.39 is 6.10 Å². The Bertz CT molecular complexity index is 173. The van der Waals surface area contributed by atoms with Gasteiger partial charge in [-0.05, 0) is 27.7 Å². The number of esters is 1. The van der Waals surface area contributed by atoms with Gasteiger partial charge in [0, 0.05) is 0 Å². The molecular formula is C10H18O3. The van der Waals surface area contributed by atoms with E-state index in [-0.39, 0.29) is 18.2 Å². The number of hydrogen-bond acceptors (Lipinski definition) is 3. The van der Waals surface area contributed by atoms with Gasteiger partial charge < -0.3 is 9.47 Å². The van der Waals surface area contributed by atoms with Crippen LogP contribution in [0, 0.1) is 0 Å². The van der Waals surface area contributed by atoms with Crippen LogP contribution in [0.1, 0.15) is 27.7 Å². The average Bonchev–Trinajstić information content (AvgIpc) is 1.98. The molecule has 0 aromatic rings. The number of carbonyl (C=O) groups is 1. The van der Waals surface area contributed by atoms with Crippen LogP contribution in [-0.2, 0) is 14.3 Å². The zero-order valence-corrected chi connectivity index (χ0v) is 8.74. The molecule has 0 amide bonds. The van der Waals surface area contributed by atoms with Gasteiger partial charge in [0.2, 0.25) is 0 Å².